The third kappa shape index (κ3) is 6.75. The maximum Gasteiger partial charge on any atom is 0.325 e. The lowest BCUT2D eigenvalue weighted by molar-refractivity contribution is 0.189. The van der Waals surface area contributed by atoms with Gasteiger partial charge in [-0.25, -0.2) is 9.59 Å². The van der Waals surface area contributed by atoms with E-state index in [-0.39, 0.29) is 6.54 Å². The van der Waals surface area contributed by atoms with Crippen molar-refractivity contribution >= 4 is 12.1 Å². The van der Waals surface area contributed by atoms with Crippen molar-refractivity contribution in [3.05, 3.63) is 35.9 Å². The SMILES string of the molecule is CC(C)CCN(Cc1ccccc1)C(=O)NC(=O)NCC#N. The molecule has 0 radical (unpaired) electrons. The molecule has 1 aromatic carbocycles. The maximum atomic E-state index is 12.2. The van der Waals surface area contributed by atoms with E-state index in [1.807, 2.05) is 30.3 Å². The van der Waals surface area contributed by atoms with E-state index >= 15 is 0 Å². The fraction of sp³-hybridized carbons (Fsp3) is 0.438. The minimum Gasteiger partial charge on any atom is -0.325 e. The van der Waals surface area contributed by atoms with Gasteiger partial charge in [-0.1, -0.05) is 44.2 Å². The number of nitriles is 1. The predicted octanol–water partition coefficient (Wildman–Crippen LogP) is 2.48. The molecule has 22 heavy (non-hydrogen) atoms. The topological polar surface area (TPSA) is 85.2 Å². The summed E-state index contributed by atoms with van der Waals surface area (Å²) < 4.78 is 0. The maximum absolute atomic E-state index is 12.2. The zero-order valence-electron chi connectivity index (χ0n) is 13.0. The Bertz CT molecular complexity index is 523. The summed E-state index contributed by atoms with van der Waals surface area (Å²) in [5, 5.41) is 12.9. The molecule has 0 aliphatic rings. The van der Waals surface area contributed by atoms with Crippen molar-refractivity contribution in [1.82, 2.24) is 15.5 Å². The molecule has 0 saturated carbocycles. The predicted molar refractivity (Wildman–Crippen MR) is 83.9 cm³/mol. The van der Waals surface area contributed by atoms with Gasteiger partial charge in [0.25, 0.3) is 0 Å². The summed E-state index contributed by atoms with van der Waals surface area (Å²) in [6.45, 7) is 5.02. The van der Waals surface area contributed by atoms with Crippen molar-refractivity contribution in [2.24, 2.45) is 5.92 Å². The molecule has 1 aromatic rings. The van der Waals surface area contributed by atoms with Crippen molar-refractivity contribution in [1.29, 1.82) is 5.26 Å². The van der Waals surface area contributed by atoms with Gasteiger partial charge in [0.05, 0.1) is 6.07 Å². The highest BCUT2D eigenvalue weighted by Crippen LogP contribution is 2.08. The average molecular weight is 302 g/mol. The molecule has 6 heteroatoms. The number of nitrogens with one attached hydrogen (secondary N) is 2. The molecule has 2 N–H and O–H groups in total. The third-order valence-electron chi connectivity index (χ3n) is 3.03. The third-order valence-corrected chi connectivity index (χ3v) is 3.03. The van der Waals surface area contributed by atoms with Crippen LogP contribution >= 0.6 is 0 Å². The number of urea groups is 2. The Balaban J connectivity index is 2.65. The zero-order chi connectivity index (χ0) is 16.4. The van der Waals surface area contributed by atoms with Gasteiger partial charge in [-0.3, -0.25) is 5.32 Å². The van der Waals surface area contributed by atoms with Crippen LogP contribution in [0.3, 0.4) is 0 Å². The Kier molecular flexibility index (Phi) is 7.48. The molecule has 0 unspecified atom stereocenters. The highest BCUT2D eigenvalue weighted by atomic mass is 16.2. The number of rotatable bonds is 6. The van der Waals surface area contributed by atoms with Crippen LogP contribution in [0.2, 0.25) is 0 Å². The Morgan fingerprint density at radius 3 is 2.55 bits per heavy atom. The molecule has 0 heterocycles. The Labute approximate surface area is 131 Å². The monoisotopic (exact) mass is 302 g/mol. The normalized spacial score (nSPS) is 9.91. The molecule has 0 spiro atoms. The van der Waals surface area contributed by atoms with E-state index in [1.165, 1.54) is 0 Å². The van der Waals surface area contributed by atoms with Crippen LogP contribution in [0.25, 0.3) is 0 Å². The molecule has 1 rings (SSSR count). The van der Waals surface area contributed by atoms with Crippen molar-refractivity contribution in [3.63, 3.8) is 0 Å². The van der Waals surface area contributed by atoms with Crippen LogP contribution in [0, 0.1) is 17.2 Å². The first kappa shape index (κ1) is 17.5. The summed E-state index contributed by atoms with van der Waals surface area (Å²) in [5.74, 6) is 0.457. The number of hydrogen-bond acceptors (Lipinski definition) is 3. The van der Waals surface area contributed by atoms with Crippen molar-refractivity contribution in [3.8, 4) is 6.07 Å². The molecule has 0 fully saturated rings. The average Bonchev–Trinajstić information content (AvgIpc) is 2.50. The van der Waals surface area contributed by atoms with Crippen molar-refractivity contribution in [2.75, 3.05) is 13.1 Å². The van der Waals surface area contributed by atoms with E-state index < -0.39 is 12.1 Å². The fourth-order valence-electron chi connectivity index (χ4n) is 1.81. The number of hydrogen-bond donors (Lipinski definition) is 2. The zero-order valence-corrected chi connectivity index (χ0v) is 13.0. The lowest BCUT2D eigenvalue weighted by Gasteiger charge is -2.23. The number of carbonyl (C=O) groups is 2. The summed E-state index contributed by atoms with van der Waals surface area (Å²) in [6, 6.07) is 10.3. The second-order valence-electron chi connectivity index (χ2n) is 5.36. The van der Waals surface area contributed by atoms with Crippen molar-refractivity contribution in [2.45, 2.75) is 26.8 Å². The first-order valence-corrected chi connectivity index (χ1v) is 7.27. The summed E-state index contributed by atoms with van der Waals surface area (Å²) in [4.78, 5) is 25.3. The minimum atomic E-state index is -0.658. The smallest absolute Gasteiger partial charge is 0.325 e. The number of nitrogens with zero attached hydrogens (tertiary/aromatic N) is 2. The summed E-state index contributed by atoms with van der Waals surface area (Å²) in [6.07, 6.45) is 0.847. The Morgan fingerprint density at radius 1 is 1.27 bits per heavy atom. The first-order chi connectivity index (χ1) is 10.5. The van der Waals surface area contributed by atoms with Crippen molar-refractivity contribution < 1.29 is 9.59 Å². The number of amides is 4. The summed E-state index contributed by atoms with van der Waals surface area (Å²) in [5.41, 5.74) is 0.999. The van der Waals surface area contributed by atoms with E-state index in [4.69, 9.17) is 5.26 Å². The molecule has 0 aromatic heterocycles. The van der Waals surface area contributed by atoms with Gasteiger partial charge in [-0.15, -0.1) is 0 Å². The van der Waals surface area contributed by atoms with E-state index in [0.29, 0.717) is 19.0 Å². The van der Waals surface area contributed by atoms with Gasteiger partial charge in [-0.05, 0) is 17.9 Å². The van der Waals surface area contributed by atoms with Gasteiger partial charge in [0.1, 0.15) is 6.54 Å². The van der Waals surface area contributed by atoms with Gasteiger partial charge < -0.3 is 10.2 Å². The molecule has 4 amide bonds. The van der Waals surface area contributed by atoms with Gasteiger partial charge in [0.15, 0.2) is 0 Å². The molecular formula is C16H22N4O2. The van der Waals surface area contributed by atoms with Crippen LogP contribution in [0.5, 0.6) is 0 Å². The van der Waals surface area contributed by atoms with Crippen LogP contribution in [-0.2, 0) is 6.54 Å². The van der Waals surface area contributed by atoms with Gasteiger partial charge >= 0.3 is 12.1 Å². The molecule has 0 bridgehead atoms. The van der Waals surface area contributed by atoms with E-state index in [2.05, 4.69) is 24.5 Å². The van der Waals surface area contributed by atoms with Gasteiger partial charge in [-0.2, -0.15) is 5.26 Å². The molecule has 0 atom stereocenters. The molecule has 0 aliphatic heterocycles. The van der Waals surface area contributed by atoms with Crippen LogP contribution in [0.4, 0.5) is 9.59 Å². The minimum absolute atomic E-state index is 0.135. The highest BCUT2D eigenvalue weighted by molar-refractivity contribution is 5.93. The largest absolute Gasteiger partial charge is 0.325 e. The summed E-state index contributed by atoms with van der Waals surface area (Å²) in [7, 11) is 0. The van der Waals surface area contributed by atoms with Crippen LogP contribution < -0.4 is 10.6 Å². The lowest BCUT2D eigenvalue weighted by atomic mass is 10.1. The molecule has 0 aliphatic carbocycles. The molecule has 6 nitrogen and oxygen atoms in total. The molecule has 118 valence electrons. The lowest BCUT2D eigenvalue weighted by Crippen LogP contribution is -2.47. The Morgan fingerprint density at radius 2 is 1.95 bits per heavy atom. The number of imide groups is 1. The van der Waals surface area contributed by atoms with Gasteiger partial charge in [0, 0.05) is 13.1 Å². The Hall–Kier alpha value is -2.55. The molecular weight excluding hydrogens is 280 g/mol. The van der Waals surface area contributed by atoms with Crippen LogP contribution in [-0.4, -0.2) is 30.1 Å². The standard InChI is InChI=1S/C16H22N4O2/c1-13(2)8-11-20(12-14-6-4-3-5-7-14)16(22)19-15(21)18-10-9-17/h3-7,13H,8,10-12H2,1-2H3,(H2,18,19,21,22). The van der Waals surface area contributed by atoms with Crippen LogP contribution in [0.15, 0.2) is 30.3 Å². The second-order valence-corrected chi connectivity index (χ2v) is 5.36. The number of benzene rings is 1. The number of carbonyl (C=O) groups excluding carboxylic acids is 2. The van der Waals surface area contributed by atoms with Crippen LogP contribution in [0.1, 0.15) is 25.8 Å². The van der Waals surface area contributed by atoms with E-state index in [9.17, 15) is 9.59 Å². The van der Waals surface area contributed by atoms with E-state index in [1.54, 1.807) is 11.0 Å². The van der Waals surface area contributed by atoms with Gasteiger partial charge in [0.2, 0.25) is 0 Å². The quantitative estimate of drug-likeness (QED) is 0.792. The highest BCUT2D eigenvalue weighted by Gasteiger charge is 2.16. The van der Waals surface area contributed by atoms with E-state index in [0.717, 1.165) is 12.0 Å². The second kappa shape index (κ2) is 9.40. The molecule has 0 saturated heterocycles. The first-order valence-electron chi connectivity index (χ1n) is 7.27. The summed E-state index contributed by atoms with van der Waals surface area (Å²) >= 11 is 0. The fourth-order valence-corrected chi connectivity index (χ4v) is 1.81.